The number of thiophene rings is 1. The molecule has 0 spiro atoms. The second-order valence-electron chi connectivity index (χ2n) is 6.37. The Labute approximate surface area is 160 Å². The number of pyridine rings is 1. The number of hydrogen-bond donors (Lipinski definition) is 1. The lowest BCUT2D eigenvalue weighted by Gasteiger charge is -2.31. The minimum absolute atomic E-state index is 0. The molecular weight excluding hydrogens is 354 g/mol. The van der Waals surface area contributed by atoms with Crippen LogP contribution in [0, 0.1) is 6.92 Å². The molecule has 0 aromatic carbocycles. The fourth-order valence-electron chi connectivity index (χ4n) is 3.23. The Bertz CT molecular complexity index is 654. The number of halogens is 1. The van der Waals surface area contributed by atoms with Crippen molar-refractivity contribution in [3.63, 3.8) is 0 Å². The smallest absolute Gasteiger partial charge is 0.228 e. The van der Waals surface area contributed by atoms with Gasteiger partial charge >= 0.3 is 0 Å². The van der Waals surface area contributed by atoms with Gasteiger partial charge in [-0.05, 0) is 63.5 Å². The highest BCUT2D eigenvalue weighted by atomic mass is 35.5. The number of aromatic nitrogens is 1. The third-order valence-electron chi connectivity index (χ3n) is 4.49. The summed E-state index contributed by atoms with van der Waals surface area (Å²) >= 11 is 1.72. The summed E-state index contributed by atoms with van der Waals surface area (Å²) in [6, 6.07) is 10.4. The number of hydrogen-bond acceptors (Lipinski definition) is 4. The minimum atomic E-state index is 0. The van der Waals surface area contributed by atoms with Crippen molar-refractivity contribution < 1.29 is 4.79 Å². The second-order valence-corrected chi connectivity index (χ2v) is 7.74. The summed E-state index contributed by atoms with van der Waals surface area (Å²) in [5.41, 5.74) is 0.963. The first kappa shape index (κ1) is 19.9. The molecule has 1 saturated heterocycles. The molecule has 6 heteroatoms. The first-order valence-corrected chi connectivity index (χ1v) is 9.49. The van der Waals surface area contributed by atoms with E-state index in [4.69, 9.17) is 0 Å². The van der Waals surface area contributed by atoms with Gasteiger partial charge in [0.2, 0.25) is 5.91 Å². The van der Waals surface area contributed by atoms with E-state index in [2.05, 4.69) is 34.3 Å². The zero-order chi connectivity index (χ0) is 16.8. The van der Waals surface area contributed by atoms with Crippen LogP contribution in [-0.2, 0) is 17.8 Å². The number of aryl methyl sites for hydroxylation is 1. The van der Waals surface area contributed by atoms with Gasteiger partial charge in [0.1, 0.15) is 0 Å². The highest BCUT2D eigenvalue weighted by molar-refractivity contribution is 7.12. The van der Waals surface area contributed by atoms with Gasteiger partial charge in [-0.3, -0.25) is 9.78 Å². The highest BCUT2D eigenvalue weighted by Gasteiger charge is 2.25. The van der Waals surface area contributed by atoms with E-state index in [0.717, 1.165) is 42.9 Å². The monoisotopic (exact) mass is 379 g/mol. The molecule has 3 rings (SSSR count). The maximum Gasteiger partial charge on any atom is 0.228 e. The van der Waals surface area contributed by atoms with Crippen molar-refractivity contribution in [2.75, 3.05) is 13.1 Å². The van der Waals surface area contributed by atoms with Crippen molar-refractivity contribution in [3.05, 3.63) is 52.0 Å². The molecule has 1 amide bonds. The third-order valence-corrected chi connectivity index (χ3v) is 5.49. The quantitative estimate of drug-likeness (QED) is 0.863. The number of nitrogens with one attached hydrogen (secondary N) is 1. The van der Waals surface area contributed by atoms with Gasteiger partial charge in [0.15, 0.2) is 0 Å². The Kier molecular flexibility index (Phi) is 7.88. The average Bonchev–Trinajstić information content (AvgIpc) is 2.84. The van der Waals surface area contributed by atoms with E-state index in [1.165, 1.54) is 4.88 Å². The molecule has 4 nitrogen and oxygen atoms in total. The van der Waals surface area contributed by atoms with Crippen LogP contribution in [0.5, 0.6) is 0 Å². The predicted molar refractivity (Wildman–Crippen MR) is 105 cm³/mol. The number of carbonyl (C=O) groups is 1. The molecular formula is C19H26ClN3OS. The molecule has 1 fully saturated rings. The third kappa shape index (κ3) is 5.80. The summed E-state index contributed by atoms with van der Waals surface area (Å²) in [5, 5.41) is 3.44. The summed E-state index contributed by atoms with van der Waals surface area (Å²) in [4.78, 5) is 21.9. The molecule has 25 heavy (non-hydrogen) atoms. The number of nitrogens with zero attached hydrogens (tertiary/aromatic N) is 2. The Balaban J connectivity index is 0.00000225. The molecule has 136 valence electrons. The Hall–Kier alpha value is -1.43. The van der Waals surface area contributed by atoms with Crippen molar-refractivity contribution >= 4 is 29.7 Å². The van der Waals surface area contributed by atoms with Gasteiger partial charge in [-0.2, -0.15) is 0 Å². The van der Waals surface area contributed by atoms with Crippen LogP contribution >= 0.6 is 23.7 Å². The van der Waals surface area contributed by atoms with Crippen molar-refractivity contribution in [2.45, 2.75) is 45.2 Å². The molecule has 1 unspecified atom stereocenters. The van der Waals surface area contributed by atoms with Crippen molar-refractivity contribution in [3.8, 4) is 0 Å². The van der Waals surface area contributed by atoms with E-state index in [1.54, 1.807) is 17.5 Å². The van der Waals surface area contributed by atoms with Gasteiger partial charge in [0, 0.05) is 22.0 Å². The molecule has 0 radical (unpaired) electrons. The lowest BCUT2D eigenvalue weighted by molar-refractivity contribution is -0.133. The van der Waals surface area contributed by atoms with Crippen LogP contribution in [0.25, 0.3) is 0 Å². The Morgan fingerprint density at radius 1 is 1.28 bits per heavy atom. The minimum Gasteiger partial charge on any atom is -0.333 e. The number of amides is 1. The van der Waals surface area contributed by atoms with Gasteiger partial charge in [0.25, 0.3) is 0 Å². The van der Waals surface area contributed by atoms with E-state index < -0.39 is 0 Å². The predicted octanol–water partition coefficient (Wildman–Crippen LogP) is 3.59. The van der Waals surface area contributed by atoms with Crippen molar-refractivity contribution in [1.82, 2.24) is 15.2 Å². The molecule has 0 saturated carbocycles. The van der Waals surface area contributed by atoms with Crippen LogP contribution in [0.15, 0.2) is 36.5 Å². The van der Waals surface area contributed by atoms with Crippen molar-refractivity contribution in [1.29, 1.82) is 0 Å². The molecule has 0 bridgehead atoms. The number of carbonyl (C=O) groups excluding carboxylic acids is 1. The summed E-state index contributed by atoms with van der Waals surface area (Å²) in [6.45, 7) is 4.72. The SMILES string of the molecule is Cc1ccc(CC(=O)N(Cc2ccccn2)C2CCCNCC2)s1.Cl. The lowest BCUT2D eigenvalue weighted by Crippen LogP contribution is -2.41. The zero-order valence-corrected chi connectivity index (χ0v) is 16.2. The molecule has 3 heterocycles. The maximum absolute atomic E-state index is 13.0. The molecule has 2 aromatic heterocycles. The molecule has 1 aliphatic heterocycles. The van der Waals surface area contributed by atoms with Crippen LogP contribution in [0.3, 0.4) is 0 Å². The van der Waals surface area contributed by atoms with Gasteiger partial charge in [-0.1, -0.05) is 6.07 Å². The van der Waals surface area contributed by atoms with E-state index in [0.29, 0.717) is 19.0 Å². The first-order chi connectivity index (χ1) is 11.7. The largest absolute Gasteiger partial charge is 0.333 e. The van der Waals surface area contributed by atoms with E-state index >= 15 is 0 Å². The van der Waals surface area contributed by atoms with Crippen LogP contribution < -0.4 is 5.32 Å². The van der Waals surface area contributed by atoms with Crippen LogP contribution in [0.2, 0.25) is 0 Å². The fourth-order valence-corrected chi connectivity index (χ4v) is 4.11. The number of rotatable bonds is 5. The van der Waals surface area contributed by atoms with E-state index in [1.807, 2.05) is 18.2 Å². The maximum atomic E-state index is 13.0. The Morgan fingerprint density at radius 2 is 2.16 bits per heavy atom. The van der Waals surface area contributed by atoms with Crippen LogP contribution in [0.4, 0.5) is 0 Å². The van der Waals surface area contributed by atoms with Crippen LogP contribution in [0.1, 0.15) is 34.7 Å². The van der Waals surface area contributed by atoms with E-state index in [-0.39, 0.29) is 18.3 Å². The summed E-state index contributed by atoms with van der Waals surface area (Å²) in [5.74, 6) is 0.217. The first-order valence-electron chi connectivity index (χ1n) is 8.68. The van der Waals surface area contributed by atoms with Gasteiger partial charge in [0.05, 0.1) is 18.7 Å². The highest BCUT2D eigenvalue weighted by Crippen LogP contribution is 2.21. The molecule has 1 atom stereocenters. The van der Waals surface area contributed by atoms with E-state index in [9.17, 15) is 4.79 Å². The van der Waals surface area contributed by atoms with Gasteiger partial charge < -0.3 is 10.2 Å². The van der Waals surface area contributed by atoms with Crippen LogP contribution in [-0.4, -0.2) is 34.9 Å². The summed E-state index contributed by atoms with van der Waals surface area (Å²) in [7, 11) is 0. The summed E-state index contributed by atoms with van der Waals surface area (Å²) in [6.07, 6.45) is 5.50. The summed E-state index contributed by atoms with van der Waals surface area (Å²) < 4.78 is 0. The molecule has 2 aromatic rings. The molecule has 1 N–H and O–H groups in total. The van der Waals surface area contributed by atoms with Gasteiger partial charge in [-0.15, -0.1) is 23.7 Å². The molecule has 1 aliphatic rings. The van der Waals surface area contributed by atoms with Gasteiger partial charge in [-0.25, -0.2) is 0 Å². The molecule has 0 aliphatic carbocycles. The fraction of sp³-hybridized carbons (Fsp3) is 0.474. The normalized spacial score (nSPS) is 17.4. The topological polar surface area (TPSA) is 45.2 Å². The second kappa shape index (κ2) is 9.90. The average molecular weight is 380 g/mol. The lowest BCUT2D eigenvalue weighted by atomic mass is 10.1. The van der Waals surface area contributed by atoms with Crippen molar-refractivity contribution in [2.24, 2.45) is 0 Å². The zero-order valence-electron chi connectivity index (χ0n) is 14.6. The standard InChI is InChI=1S/C19H25N3OS.ClH/c1-15-7-8-18(24-15)13-19(23)22(14-16-5-2-3-11-21-16)17-6-4-10-20-12-9-17;/h2-3,5,7-8,11,17,20H,4,6,9-10,12-14H2,1H3;1H. The Morgan fingerprint density at radius 3 is 2.88 bits per heavy atom.